The number of nitrogens with zero attached hydrogens (tertiary/aromatic N) is 5. The molecule has 0 spiro atoms. The third-order valence-electron chi connectivity index (χ3n) is 5.24. The van der Waals surface area contributed by atoms with Crippen LogP contribution in [0.15, 0.2) is 42.6 Å². The molecule has 1 saturated heterocycles. The van der Waals surface area contributed by atoms with E-state index in [1.54, 1.807) is 8.99 Å². The number of hydrogen-bond donors (Lipinski definition) is 0. The van der Waals surface area contributed by atoms with Crippen molar-refractivity contribution in [3.8, 4) is 0 Å². The third-order valence-corrected chi connectivity index (χ3v) is 7.09. The minimum absolute atomic E-state index is 0.0642. The van der Waals surface area contributed by atoms with Gasteiger partial charge in [-0.05, 0) is 24.1 Å². The van der Waals surface area contributed by atoms with E-state index in [1.807, 2.05) is 50.5 Å². The summed E-state index contributed by atoms with van der Waals surface area (Å²) in [5.74, 6) is 0.0642. The van der Waals surface area contributed by atoms with Crippen molar-refractivity contribution >= 4 is 21.1 Å². The van der Waals surface area contributed by atoms with Crippen molar-refractivity contribution < 1.29 is 8.42 Å². The molecule has 148 valence electrons. The summed E-state index contributed by atoms with van der Waals surface area (Å²) < 4.78 is 28.8. The summed E-state index contributed by atoms with van der Waals surface area (Å²) >= 11 is 0. The average molecular weight is 400 g/mol. The minimum atomic E-state index is -3.28. The lowest BCUT2D eigenvalue weighted by atomic mass is 10.2. The van der Waals surface area contributed by atoms with Crippen LogP contribution in [-0.2, 0) is 29.4 Å². The molecule has 1 aromatic carbocycles. The van der Waals surface area contributed by atoms with E-state index >= 15 is 0 Å². The van der Waals surface area contributed by atoms with Crippen molar-refractivity contribution in [2.75, 3.05) is 26.2 Å². The highest BCUT2D eigenvalue weighted by atomic mass is 32.2. The molecule has 7 nitrogen and oxygen atoms in total. The second-order valence-electron chi connectivity index (χ2n) is 7.34. The van der Waals surface area contributed by atoms with Crippen LogP contribution >= 0.6 is 0 Å². The molecular weight excluding hydrogens is 374 g/mol. The van der Waals surface area contributed by atoms with Crippen LogP contribution in [0.5, 0.6) is 0 Å². The number of benzene rings is 1. The van der Waals surface area contributed by atoms with E-state index < -0.39 is 10.0 Å². The quantitative estimate of drug-likeness (QED) is 0.656. The zero-order valence-corrected chi connectivity index (χ0v) is 17.1. The highest BCUT2D eigenvalue weighted by molar-refractivity contribution is 7.88. The van der Waals surface area contributed by atoms with Gasteiger partial charge < -0.3 is 0 Å². The molecule has 3 heterocycles. The van der Waals surface area contributed by atoms with Crippen LogP contribution < -0.4 is 0 Å². The summed E-state index contributed by atoms with van der Waals surface area (Å²) in [7, 11) is -1.38. The zero-order valence-electron chi connectivity index (χ0n) is 16.2. The van der Waals surface area contributed by atoms with Gasteiger partial charge in [-0.2, -0.15) is 9.40 Å². The zero-order chi connectivity index (χ0) is 19.7. The van der Waals surface area contributed by atoms with Gasteiger partial charge in [-0.1, -0.05) is 30.3 Å². The Kier molecular flexibility index (Phi) is 5.18. The minimum Gasteiger partial charge on any atom is -0.296 e. The summed E-state index contributed by atoms with van der Waals surface area (Å²) in [6.45, 7) is 5.25. The Morgan fingerprint density at radius 2 is 1.75 bits per heavy atom. The molecule has 0 atom stereocenters. The van der Waals surface area contributed by atoms with E-state index in [-0.39, 0.29) is 5.75 Å². The van der Waals surface area contributed by atoms with Crippen molar-refractivity contribution in [1.82, 2.24) is 24.0 Å². The van der Waals surface area contributed by atoms with Crippen LogP contribution in [0.1, 0.15) is 16.8 Å². The number of sulfonamides is 1. The summed E-state index contributed by atoms with van der Waals surface area (Å²) in [5.41, 5.74) is 3.82. The van der Waals surface area contributed by atoms with E-state index in [2.05, 4.69) is 21.0 Å². The van der Waals surface area contributed by atoms with Gasteiger partial charge in [0.25, 0.3) is 0 Å². The van der Waals surface area contributed by atoms with Gasteiger partial charge in [0.1, 0.15) is 0 Å². The van der Waals surface area contributed by atoms with Gasteiger partial charge in [-0.25, -0.2) is 13.4 Å². The standard InChI is InChI=1S/C20H25N5O2S/c1-16-19-12-18(13-21-20(19)23(2)22-16)14-24-8-10-25(11-9-24)28(26,27)15-17-6-4-3-5-7-17/h3-7,12-13H,8-11,14-15H2,1-2H3. The van der Waals surface area contributed by atoms with Gasteiger partial charge in [0.15, 0.2) is 5.65 Å². The van der Waals surface area contributed by atoms with Crippen molar-refractivity contribution in [3.05, 3.63) is 59.4 Å². The van der Waals surface area contributed by atoms with E-state index in [4.69, 9.17) is 0 Å². The SMILES string of the molecule is Cc1nn(C)c2ncc(CN3CCN(S(=O)(=O)Cc4ccccc4)CC3)cc12. The van der Waals surface area contributed by atoms with Gasteiger partial charge in [-0.15, -0.1) is 0 Å². The van der Waals surface area contributed by atoms with E-state index in [0.29, 0.717) is 13.1 Å². The van der Waals surface area contributed by atoms with Gasteiger partial charge >= 0.3 is 0 Å². The first-order valence-electron chi connectivity index (χ1n) is 9.45. The van der Waals surface area contributed by atoms with Gasteiger partial charge in [0.05, 0.1) is 11.4 Å². The molecule has 0 radical (unpaired) electrons. The maximum absolute atomic E-state index is 12.7. The van der Waals surface area contributed by atoms with Gasteiger partial charge in [0, 0.05) is 51.4 Å². The molecule has 28 heavy (non-hydrogen) atoms. The molecule has 0 amide bonds. The summed E-state index contributed by atoms with van der Waals surface area (Å²) in [6.07, 6.45) is 1.89. The molecule has 2 aromatic heterocycles. The topological polar surface area (TPSA) is 71.3 Å². The fourth-order valence-corrected chi connectivity index (χ4v) is 5.25. The van der Waals surface area contributed by atoms with Crippen molar-refractivity contribution in [1.29, 1.82) is 0 Å². The monoisotopic (exact) mass is 399 g/mol. The first-order chi connectivity index (χ1) is 13.4. The van der Waals surface area contributed by atoms with Crippen molar-refractivity contribution in [2.45, 2.75) is 19.2 Å². The van der Waals surface area contributed by atoms with E-state index in [9.17, 15) is 8.42 Å². The number of pyridine rings is 1. The van der Waals surface area contributed by atoms with Gasteiger partial charge in [-0.3, -0.25) is 9.58 Å². The number of aromatic nitrogens is 3. The molecule has 3 aromatic rings. The van der Waals surface area contributed by atoms with Crippen LogP contribution in [-0.4, -0.2) is 58.6 Å². The summed E-state index contributed by atoms with van der Waals surface area (Å²) in [6, 6.07) is 11.5. The number of fused-ring (bicyclic) bond motifs is 1. The Morgan fingerprint density at radius 1 is 1.04 bits per heavy atom. The lowest BCUT2D eigenvalue weighted by Gasteiger charge is -2.34. The first-order valence-corrected chi connectivity index (χ1v) is 11.1. The fraction of sp³-hybridized carbons (Fsp3) is 0.400. The molecule has 1 aliphatic heterocycles. The Hall–Kier alpha value is -2.29. The first kappa shape index (κ1) is 19.0. The predicted molar refractivity (Wildman–Crippen MR) is 109 cm³/mol. The molecule has 4 rings (SSSR count). The molecule has 0 bridgehead atoms. The Morgan fingerprint density at radius 3 is 2.46 bits per heavy atom. The maximum atomic E-state index is 12.7. The van der Waals surface area contributed by atoms with Crippen LogP contribution in [0.4, 0.5) is 0 Å². The molecule has 0 saturated carbocycles. The number of hydrogen-bond acceptors (Lipinski definition) is 5. The van der Waals surface area contributed by atoms with Crippen molar-refractivity contribution in [3.63, 3.8) is 0 Å². The highest BCUT2D eigenvalue weighted by Crippen LogP contribution is 2.19. The molecule has 0 aliphatic carbocycles. The fourth-order valence-electron chi connectivity index (χ4n) is 3.74. The second-order valence-corrected chi connectivity index (χ2v) is 9.31. The van der Waals surface area contributed by atoms with Gasteiger partial charge in [0.2, 0.25) is 10.0 Å². The molecule has 0 N–H and O–H groups in total. The van der Waals surface area contributed by atoms with Crippen molar-refractivity contribution in [2.24, 2.45) is 7.05 Å². The Labute approximate surface area is 165 Å². The van der Waals surface area contributed by atoms with Crippen LogP contribution in [0.3, 0.4) is 0 Å². The number of rotatable bonds is 5. The molecular formula is C20H25N5O2S. The second kappa shape index (κ2) is 7.62. The summed E-state index contributed by atoms with van der Waals surface area (Å²) in [5, 5.41) is 5.49. The molecule has 8 heteroatoms. The molecule has 0 unspecified atom stereocenters. The number of aryl methyl sites for hydroxylation is 2. The predicted octanol–water partition coefficient (Wildman–Crippen LogP) is 1.92. The smallest absolute Gasteiger partial charge is 0.218 e. The Bertz CT molecular complexity index is 1070. The maximum Gasteiger partial charge on any atom is 0.218 e. The third kappa shape index (κ3) is 3.94. The Balaban J connectivity index is 1.38. The highest BCUT2D eigenvalue weighted by Gasteiger charge is 2.27. The van der Waals surface area contributed by atoms with Crippen LogP contribution in [0.2, 0.25) is 0 Å². The van der Waals surface area contributed by atoms with E-state index in [0.717, 1.165) is 47.5 Å². The largest absolute Gasteiger partial charge is 0.296 e. The normalized spacial score (nSPS) is 16.6. The average Bonchev–Trinajstić information content (AvgIpc) is 2.96. The van der Waals surface area contributed by atoms with Crippen LogP contribution in [0, 0.1) is 6.92 Å². The van der Waals surface area contributed by atoms with E-state index in [1.165, 1.54) is 0 Å². The lowest BCUT2D eigenvalue weighted by molar-refractivity contribution is 0.181. The summed E-state index contributed by atoms with van der Waals surface area (Å²) in [4.78, 5) is 6.82. The molecule has 1 aliphatic rings. The lowest BCUT2D eigenvalue weighted by Crippen LogP contribution is -2.48. The number of piperazine rings is 1. The van der Waals surface area contributed by atoms with Crippen LogP contribution in [0.25, 0.3) is 11.0 Å². The molecule has 1 fully saturated rings.